The Morgan fingerprint density at radius 3 is 2.24 bits per heavy atom. The van der Waals surface area contributed by atoms with Gasteiger partial charge in [0.2, 0.25) is 0 Å². The molecule has 10 nitrogen and oxygen atoms in total. The van der Waals surface area contributed by atoms with Gasteiger partial charge in [0.1, 0.15) is 4.90 Å². The first-order chi connectivity index (χ1) is 21.2. The van der Waals surface area contributed by atoms with Gasteiger partial charge >= 0.3 is 5.97 Å². The summed E-state index contributed by atoms with van der Waals surface area (Å²) in [5, 5.41) is 3.57. The second-order valence-corrected chi connectivity index (χ2v) is 13.8. The van der Waals surface area contributed by atoms with Crippen molar-refractivity contribution in [1.82, 2.24) is 0 Å². The molecule has 0 aromatic heterocycles. The van der Waals surface area contributed by atoms with Crippen LogP contribution in [0.1, 0.15) is 28.4 Å². The van der Waals surface area contributed by atoms with Gasteiger partial charge < -0.3 is 15.0 Å². The molecule has 3 N–H and O–H groups in total. The van der Waals surface area contributed by atoms with Crippen LogP contribution in [0.25, 0.3) is 10.8 Å². The van der Waals surface area contributed by atoms with Crippen molar-refractivity contribution in [3.05, 3.63) is 120 Å². The van der Waals surface area contributed by atoms with E-state index in [0.29, 0.717) is 23.2 Å². The van der Waals surface area contributed by atoms with Gasteiger partial charge in [-0.3, -0.25) is 9.11 Å². The van der Waals surface area contributed by atoms with Crippen LogP contribution in [-0.4, -0.2) is 52.1 Å². The monoisotopic (exact) mass is 648 g/mol. The van der Waals surface area contributed by atoms with E-state index in [1.807, 2.05) is 67.4 Å². The number of rotatable bonds is 9. The zero-order chi connectivity index (χ0) is 32.6. The minimum absolute atomic E-state index is 0.112. The summed E-state index contributed by atoms with van der Waals surface area (Å²) >= 11 is 0. The molecule has 0 spiro atoms. The van der Waals surface area contributed by atoms with E-state index in [9.17, 15) is 30.7 Å². The third-order valence-corrected chi connectivity index (χ3v) is 9.84. The first-order valence-electron chi connectivity index (χ1n) is 13.9. The molecule has 12 heteroatoms. The van der Waals surface area contributed by atoms with Crippen LogP contribution in [0.4, 0.5) is 11.4 Å². The molecule has 234 valence electrons. The number of allylic oxidation sites excluding steroid dienone is 2. The zero-order valence-corrected chi connectivity index (χ0v) is 26.3. The highest BCUT2D eigenvalue weighted by atomic mass is 32.2. The topological polar surface area (TPSA) is 150 Å². The number of hydrogen-bond donors (Lipinski definition) is 3. The maximum absolute atomic E-state index is 12.4. The van der Waals surface area contributed by atoms with E-state index in [4.69, 9.17) is 4.74 Å². The average Bonchev–Trinajstić information content (AvgIpc) is 3.21. The normalized spacial score (nSPS) is 18.5. The second kappa shape index (κ2) is 12.1. The maximum atomic E-state index is 12.4. The fourth-order valence-corrected chi connectivity index (χ4v) is 7.42. The molecule has 5 rings (SSSR count). The lowest BCUT2D eigenvalue weighted by molar-refractivity contribution is 0.0600. The first kappa shape index (κ1) is 31.9. The van der Waals surface area contributed by atoms with Crippen molar-refractivity contribution in [1.29, 1.82) is 0 Å². The van der Waals surface area contributed by atoms with E-state index in [-0.39, 0.29) is 16.8 Å². The molecule has 0 saturated carbocycles. The lowest BCUT2D eigenvalue weighted by atomic mass is 9.72. The molecule has 0 amide bonds. The predicted octanol–water partition coefficient (Wildman–Crippen LogP) is 5.62. The highest BCUT2D eigenvalue weighted by Crippen LogP contribution is 2.51. The Morgan fingerprint density at radius 2 is 1.62 bits per heavy atom. The van der Waals surface area contributed by atoms with Gasteiger partial charge in [0, 0.05) is 35.4 Å². The highest BCUT2D eigenvalue weighted by molar-refractivity contribution is 7.86. The minimum Gasteiger partial charge on any atom is -0.465 e. The lowest BCUT2D eigenvalue weighted by Gasteiger charge is -2.34. The molecule has 0 bridgehead atoms. The van der Waals surface area contributed by atoms with Gasteiger partial charge in [-0.15, -0.1) is 0 Å². The molecule has 0 fully saturated rings. The quantitative estimate of drug-likeness (QED) is 0.119. The van der Waals surface area contributed by atoms with Crippen LogP contribution in [0.2, 0.25) is 0 Å². The Balaban J connectivity index is 1.67. The summed E-state index contributed by atoms with van der Waals surface area (Å²) in [6, 6.07) is 21.5. The number of methoxy groups -OCH3 is 1. The molecule has 4 aromatic carbocycles. The fourth-order valence-electron chi connectivity index (χ4n) is 6.08. The summed E-state index contributed by atoms with van der Waals surface area (Å²) in [4.78, 5) is 12.8. The van der Waals surface area contributed by atoms with Crippen molar-refractivity contribution in [3.63, 3.8) is 0 Å². The Labute approximate surface area is 262 Å². The molecular weight excluding hydrogens is 617 g/mol. The Hall–Kier alpha value is -4.49. The van der Waals surface area contributed by atoms with E-state index in [0.717, 1.165) is 17.3 Å². The molecule has 4 aromatic rings. The average molecular weight is 649 g/mol. The number of carbonyl (C=O) groups excluding carboxylic acids is 1. The van der Waals surface area contributed by atoms with Gasteiger partial charge in [-0.05, 0) is 71.5 Å². The summed E-state index contributed by atoms with van der Waals surface area (Å²) in [6.45, 7) is 1.98. The van der Waals surface area contributed by atoms with E-state index in [2.05, 4.69) is 5.32 Å². The third kappa shape index (κ3) is 6.36. The van der Waals surface area contributed by atoms with Crippen molar-refractivity contribution in [2.24, 2.45) is 0 Å². The summed E-state index contributed by atoms with van der Waals surface area (Å²) < 4.78 is 74.2. The predicted molar refractivity (Wildman–Crippen MR) is 173 cm³/mol. The number of hydrogen-bond acceptors (Lipinski definition) is 8. The molecule has 1 heterocycles. The van der Waals surface area contributed by atoms with Crippen LogP contribution in [0.3, 0.4) is 0 Å². The first-order valence-corrected chi connectivity index (χ1v) is 16.7. The molecule has 2 unspecified atom stereocenters. The number of para-hydroxylation sites is 1. The van der Waals surface area contributed by atoms with Crippen molar-refractivity contribution in [2.45, 2.75) is 34.6 Å². The van der Waals surface area contributed by atoms with Crippen LogP contribution in [-0.2, 0) is 36.8 Å². The van der Waals surface area contributed by atoms with Crippen molar-refractivity contribution < 1.29 is 35.5 Å². The van der Waals surface area contributed by atoms with Gasteiger partial charge in [-0.2, -0.15) is 16.8 Å². The molecule has 1 aliphatic heterocycles. The van der Waals surface area contributed by atoms with Gasteiger partial charge in [0.15, 0.2) is 0 Å². The Kier molecular flexibility index (Phi) is 8.60. The summed E-state index contributed by atoms with van der Waals surface area (Å²) in [5.41, 5.74) is 2.69. The van der Waals surface area contributed by atoms with Gasteiger partial charge in [0.25, 0.3) is 20.2 Å². The number of carbonyl (C=O) groups is 1. The number of fused-ring (bicyclic) bond motifs is 3. The van der Waals surface area contributed by atoms with E-state index in [1.165, 1.54) is 19.2 Å². The molecule has 0 saturated heterocycles. The number of nitrogens with one attached hydrogen (secondary N) is 1. The van der Waals surface area contributed by atoms with Crippen LogP contribution in [0.5, 0.6) is 0 Å². The third-order valence-electron chi connectivity index (χ3n) is 8.12. The fraction of sp³-hybridized carbons (Fsp3) is 0.182. The minimum atomic E-state index is -4.87. The number of esters is 1. The molecular formula is C33H32N2O8S2. The Morgan fingerprint density at radius 1 is 0.933 bits per heavy atom. The SMILES string of the molecule is COC(=O)c1ccc(CC2(C)c3c(ccc4c(S(=O)(=O)O)cc(S(=O)(=O)O)cc34)N(C)C2/C=C/C=C/Nc2ccccc2)cc1. The summed E-state index contributed by atoms with van der Waals surface area (Å²) in [6.07, 6.45) is 7.91. The van der Waals surface area contributed by atoms with Crippen LogP contribution >= 0.6 is 0 Å². The second-order valence-electron chi connectivity index (χ2n) is 11.0. The largest absolute Gasteiger partial charge is 0.465 e. The highest BCUT2D eigenvalue weighted by Gasteiger charge is 2.46. The maximum Gasteiger partial charge on any atom is 0.337 e. The molecule has 0 aliphatic carbocycles. The van der Waals surface area contributed by atoms with Crippen molar-refractivity contribution in [3.8, 4) is 0 Å². The number of likely N-dealkylation sites (N-methyl/N-ethyl adjacent to an activating group) is 1. The Bertz CT molecular complexity index is 2040. The van der Waals surface area contributed by atoms with Gasteiger partial charge in [-0.1, -0.05) is 55.5 Å². The van der Waals surface area contributed by atoms with E-state index < -0.39 is 41.4 Å². The molecule has 0 radical (unpaired) electrons. The molecule has 45 heavy (non-hydrogen) atoms. The van der Waals surface area contributed by atoms with Crippen molar-refractivity contribution in [2.75, 3.05) is 24.4 Å². The zero-order valence-electron chi connectivity index (χ0n) is 24.7. The standard InChI is InChI=1S/C33H32N2O8S2/c1-33(21-22-12-14-23(15-13-22)32(36)43-3)30(11-7-8-18-34-24-9-5-4-6-10-24)35(2)28-17-16-26-27(31(28)33)19-25(44(37,38)39)20-29(26)45(40,41)42/h4-20,30,34H,21H2,1-3H3,(H,37,38,39)(H,40,41,42)/b11-7+,18-8+. The smallest absolute Gasteiger partial charge is 0.337 e. The number of anilines is 2. The van der Waals surface area contributed by atoms with Crippen LogP contribution in [0.15, 0.2) is 113 Å². The van der Waals surface area contributed by atoms with Crippen LogP contribution in [0, 0.1) is 0 Å². The van der Waals surface area contributed by atoms with Crippen LogP contribution < -0.4 is 10.2 Å². The molecule has 2 atom stereocenters. The van der Waals surface area contributed by atoms with Gasteiger partial charge in [0.05, 0.1) is 23.6 Å². The number of nitrogens with zero attached hydrogens (tertiary/aromatic N) is 1. The van der Waals surface area contributed by atoms with E-state index in [1.54, 1.807) is 36.5 Å². The van der Waals surface area contributed by atoms with Crippen molar-refractivity contribution >= 4 is 48.4 Å². The summed E-state index contributed by atoms with van der Waals surface area (Å²) in [7, 11) is -6.53. The van der Waals surface area contributed by atoms with E-state index >= 15 is 0 Å². The lowest BCUT2D eigenvalue weighted by Crippen LogP contribution is -2.41. The molecule has 1 aliphatic rings. The number of ether oxygens (including phenoxy) is 1. The summed E-state index contributed by atoms with van der Waals surface area (Å²) in [5.74, 6) is -0.475. The van der Waals surface area contributed by atoms with Gasteiger partial charge in [-0.25, -0.2) is 4.79 Å². The number of benzene rings is 4.